The molecule has 0 radical (unpaired) electrons. The highest BCUT2D eigenvalue weighted by Crippen LogP contribution is 2.36. The zero-order chi connectivity index (χ0) is 11.6. The van der Waals surface area contributed by atoms with Crippen molar-refractivity contribution in [3.63, 3.8) is 0 Å². The molecular weight excluding hydrogens is 192 g/mol. The number of hydrogen-bond donors (Lipinski definition) is 0. The summed E-state index contributed by atoms with van der Waals surface area (Å²) in [6.07, 6.45) is 0. The minimum absolute atomic E-state index is 0.0316. The lowest BCUT2D eigenvalue weighted by Crippen LogP contribution is -2.42. The van der Waals surface area contributed by atoms with E-state index in [0.717, 1.165) is 0 Å². The third kappa shape index (κ3) is 3.92. The SMILES string of the molecule is CC(=O)[C@@H](C)CO[Si](C)(C)C(C)(C)C. The van der Waals surface area contributed by atoms with Gasteiger partial charge in [-0.2, -0.15) is 0 Å². The summed E-state index contributed by atoms with van der Waals surface area (Å²) in [6.45, 7) is 15.2. The average Bonchev–Trinajstić information content (AvgIpc) is 1.97. The van der Waals surface area contributed by atoms with Crippen molar-refractivity contribution in [2.24, 2.45) is 5.92 Å². The van der Waals surface area contributed by atoms with Crippen LogP contribution in [0, 0.1) is 5.92 Å². The second kappa shape index (κ2) is 4.58. The van der Waals surface area contributed by atoms with E-state index in [9.17, 15) is 4.79 Å². The number of carbonyl (C=O) groups is 1. The molecule has 0 amide bonds. The zero-order valence-electron chi connectivity index (χ0n) is 10.6. The van der Waals surface area contributed by atoms with Crippen LogP contribution < -0.4 is 0 Å². The third-order valence-electron chi connectivity index (χ3n) is 3.19. The fourth-order valence-electron chi connectivity index (χ4n) is 0.667. The lowest BCUT2D eigenvalue weighted by molar-refractivity contribution is -0.121. The predicted molar refractivity (Wildman–Crippen MR) is 63.0 cm³/mol. The first-order chi connectivity index (χ1) is 6.08. The van der Waals surface area contributed by atoms with Crippen LogP contribution in [0.3, 0.4) is 0 Å². The van der Waals surface area contributed by atoms with Gasteiger partial charge < -0.3 is 4.43 Å². The van der Waals surface area contributed by atoms with E-state index >= 15 is 0 Å². The summed E-state index contributed by atoms with van der Waals surface area (Å²) in [5.74, 6) is 0.243. The molecule has 0 spiro atoms. The topological polar surface area (TPSA) is 26.3 Å². The number of rotatable bonds is 4. The molecular formula is C11H24O2Si. The quantitative estimate of drug-likeness (QED) is 0.674. The molecule has 0 fully saturated rings. The van der Waals surface area contributed by atoms with Gasteiger partial charge in [0.05, 0.1) is 0 Å². The first kappa shape index (κ1) is 13.8. The van der Waals surface area contributed by atoms with Crippen molar-refractivity contribution in [1.29, 1.82) is 0 Å². The van der Waals surface area contributed by atoms with Crippen molar-refractivity contribution in [3.05, 3.63) is 0 Å². The van der Waals surface area contributed by atoms with E-state index < -0.39 is 8.32 Å². The first-order valence-corrected chi connectivity index (χ1v) is 8.13. The zero-order valence-corrected chi connectivity index (χ0v) is 11.6. The molecule has 0 saturated heterocycles. The maximum atomic E-state index is 11.0. The number of carbonyl (C=O) groups excluding carboxylic acids is 1. The summed E-state index contributed by atoms with van der Waals surface area (Å²) >= 11 is 0. The standard InChI is InChI=1S/C11H24O2Si/c1-9(10(2)12)8-13-14(6,7)11(3,4)5/h9H,8H2,1-7H3/t9-/m0/s1. The van der Waals surface area contributed by atoms with Gasteiger partial charge in [0.1, 0.15) is 5.78 Å². The van der Waals surface area contributed by atoms with E-state index in [4.69, 9.17) is 4.43 Å². The van der Waals surface area contributed by atoms with E-state index in [1.807, 2.05) is 6.92 Å². The summed E-state index contributed by atoms with van der Waals surface area (Å²) in [5, 5.41) is 0.226. The van der Waals surface area contributed by atoms with Gasteiger partial charge in [0.2, 0.25) is 0 Å². The summed E-state index contributed by atoms with van der Waals surface area (Å²) in [5.41, 5.74) is 0. The predicted octanol–water partition coefficient (Wildman–Crippen LogP) is 3.23. The molecule has 0 N–H and O–H groups in total. The van der Waals surface area contributed by atoms with E-state index in [2.05, 4.69) is 33.9 Å². The molecule has 0 aromatic rings. The maximum absolute atomic E-state index is 11.0. The van der Waals surface area contributed by atoms with Crippen molar-refractivity contribution in [1.82, 2.24) is 0 Å². The molecule has 1 atom stereocenters. The van der Waals surface area contributed by atoms with Gasteiger partial charge >= 0.3 is 0 Å². The van der Waals surface area contributed by atoms with Crippen LogP contribution in [0.4, 0.5) is 0 Å². The van der Waals surface area contributed by atoms with Crippen LogP contribution in [0.5, 0.6) is 0 Å². The highest BCUT2D eigenvalue weighted by molar-refractivity contribution is 6.74. The molecule has 0 saturated carbocycles. The van der Waals surface area contributed by atoms with Crippen molar-refractivity contribution in [2.45, 2.75) is 52.8 Å². The van der Waals surface area contributed by atoms with E-state index in [1.54, 1.807) is 6.92 Å². The normalized spacial score (nSPS) is 15.4. The van der Waals surface area contributed by atoms with Gasteiger partial charge in [-0.1, -0.05) is 27.7 Å². The van der Waals surface area contributed by atoms with Gasteiger partial charge in [-0.05, 0) is 25.1 Å². The maximum Gasteiger partial charge on any atom is 0.192 e. The number of ketones is 1. The van der Waals surface area contributed by atoms with Crippen LogP contribution in [0.1, 0.15) is 34.6 Å². The molecule has 14 heavy (non-hydrogen) atoms. The van der Waals surface area contributed by atoms with Gasteiger partial charge in [-0.25, -0.2) is 0 Å². The van der Waals surface area contributed by atoms with Gasteiger partial charge in [-0.15, -0.1) is 0 Å². The molecule has 0 heterocycles. The van der Waals surface area contributed by atoms with Crippen molar-refractivity contribution in [3.8, 4) is 0 Å². The van der Waals surface area contributed by atoms with Crippen LogP contribution in [0.25, 0.3) is 0 Å². The largest absolute Gasteiger partial charge is 0.416 e. The highest BCUT2D eigenvalue weighted by Gasteiger charge is 2.37. The van der Waals surface area contributed by atoms with Gasteiger partial charge in [0.15, 0.2) is 8.32 Å². The van der Waals surface area contributed by atoms with Gasteiger partial charge in [0.25, 0.3) is 0 Å². The Morgan fingerprint density at radius 1 is 1.36 bits per heavy atom. The minimum Gasteiger partial charge on any atom is -0.416 e. The van der Waals surface area contributed by atoms with Crippen molar-refractivity contribution in [2.75, 3.05) is 6.61 Å². The third-order valence-corrected chi connectivity index (χ3v) is 7.70. The van der Waals surface area contributed by atoms with Crippen LogP contribution >= 0.6 is 0 Å². The summed E-state index contributed by atoms with van der Waals surface area (Å²) in [6, 6.07) is 0. The molecule has 0 aromatic carbocycles. The smallest absolute Gasteiger partial charge is 0.192 e. The van der Waals surface area contributed by atoms with E-state index in [-0.39, 0.29) is 16.7 Å². The molecule has 0 unspecified atom stereocenters. The van der Waals surface area contributed by atoms with Gasteiger partial charge in [0, 0.05) is 12.5 Å². The fraction of sp³-hybridized carbons (Fsp3) is 0.909. The Morgan fingerprint density at radius 3 is 2.07 bits per heavy atom. The fourth-order valence-corrected chi connectivity index (χ4v) is 1.77. The second-order valence-corrected chi connectivity index (χ2v) is 10.4. The lowest BCUT2D eigenvalue weighted by atomic mass is 10.1. The minimum atomic E-state index is -1.67. The van der Waals surface area contributed by atoms with Crippen molar-refractivity contribution < 1.29 is 9.22 Å². The molecule has 3 heteroatoms. The Kier molecular flexibility index (Phi) is 4.53. The summed E-state index contributed by atoms with van der Waals surface area (Å²) in [7, 11) is -1.67. The van der Waals surface area contributed by atoms with Crippen LogP contribution in [-0.2, 0) is 9.22 Å². The highest BCUT2D eigenvalue weighted by atomic mass is 28.4. The Labute approximate surface area is 89.2 Å². The van der Waals surface area contributed by atoms with Crippen LogP contribution in [0.2, 0.25) is 18.1 Å². The average molecular weight is 216 g/mol. The summed E-state index contributed by atoms with van der Waals surface area (Å²) < 4.78 is 5.94. The summed E-state index contributed by atoms with van der Waals surface area (Å²) in [4.78, 5) is 11.0. The van der Waals surface area contributed by atoms with Crippen molar-refractivity contribution >= 4 is 14.1 Å². The Balaban J connectivity index is 4.20. The first-order valence-electron chi connectivity index (χ1n) is 5.22. The molecule has 0 aromatic heterocycles. The molecule has 84 valence electrons. The Bertz CT molecular complexity index is 204. The lowest BCUT2D eigenvalue weighted by Gasteiger charge is -2.36. The van der Waals surface area contributed by atoms with Crippen LogP contribution in [0.15, 0.2) is 0 Å². The molecule has 0 rings (SSSR count). The Hall–Kier alpha value is -0.153. The number of hydrogen-bond acceptors (Lipinski definition) is 2. The molecule has 0 aliphatic carbocycles. The Morgan fingerprint density at radius 2 is 1.79 bits per heavy atom. The molecule has 0 bridgehead atoms. The monoisotopic (exact) mass is 216 g/mol. The number of Topliss-reactive ketones (excluding diaryl/α,β-unsaturated/α-hetero) is 1. The van der Waals surface area contributed by atoms with E-state index in [1.165, 1.54) is 0 Å². The van der Waals surface area contributed by atoms with Gasteiger partial charge in [-0.3, -0.25) is 4.79 Å². The van der Waals surface area contributed by atoms with E-state index in [0.29, 0.717) is 6.61 Å². The van der Waals surface area contributed by atoms with Crippen LogP contribution in [-0.4, -0.2) is 20.7 Å². The molecule has 2 nitrogen and oxygen atoms in total. The second-order valence-electron chi connectivity index (χ2n) is 5.58. The molecule has 0 aliphatic rings. The molecule has 0 aliphatic heterocycles.